The van der Waals surface area contributed by atoms with E-state index in [1.54, 1.807) is 24.3 Å². The Morgan fingerprint density at radius 1 is 1.15 bits per heavy atom. The van der Waals surface area contributed by atoms with Crippen LogP contribution < -0.4 is 14.9 Å². The number of methoxy groups -OCH3 is 2. The van der Waals surface area contributed by atoms with Gasteiger partial charge in [0.15, 0.2) is 11.3 Å². The molecule has 1 heterocycles. The molecule has 0 unspecified atom stereocenters. The van der Waals surface area contributed by atoms with Gasteiger partial charge < -0.3 is 19.0 Å². The molecule has 0 radical (unpaired) electrons. The van der Waals surface area contributed by atoms with Crippen molar-refractivity contribution >= 4 is 21.9 Å². The Kier molecular flexibility index (Phi) is 2.75. The maximum absolute atomic E-state index is 12.6. The minimum atomic E-state index is -0.225. The van der Waals surface area contributed by atoms with Crippen LogP contribution in [0.3, 0.4) is 0 Å². The van der Waals surface area contributed by atoms with E-state index in [4.69, 9.17) is 13.9 Å². The van der Waals surface area contributed by atoms with E-state index in [1.165, 1.54) is 20.3 Å². The molecule has 0 spiro atoms. The average molecular weight is 272 g/mol. The molecule has 2 aromatic carbocycles. The summed E-state index contributed by atoms with van der Waals surface area (Å²) < 4.78 is 16.0. The number of phenols is 1. The highest BCUT2D eigenvalue weighted by Crippen LogP contribution is 2.40. The van der Waals surface area contributed by atoms with E-state index in [2.05, 4.69) is 0 Å². The van der Waals surface area contributed by atoms with Crippen LogP contribution in [0.15, 0.2) is 39.5 Å². The summed E-state index contributed by atoms with van der Waals surface area (Å²) in [7, 11) is 2.82. The standard InChI is InChI=1S/C15H12O5/c1-18-11-7-9(16)14(19-2)15-12(11)13(17)8-5-3-4-6-10(8)20-15/h3-7,16H,1-2H3. The van der Waals surface area contributed by atoms with Gasteiger partial charge in [0.25, 0.3) is 0 Å². The first kappa shape index (κ1) is 12.3. The van der Waals surface area contributed by atoms with E-state index in [9.17, 15) is 9.90 Å². The van der Waals surface area contributed by atoms with Crippen molar-refractivity contribution in [3.05, 3.63) is 40.6 Å². The fourth-order valence-corrected chi connectivity index (χ4v) is 2.26. The van der Waals surface area contributed by atoms with Gasteiger partial charge >= 0.3 is 0 Å². The van der Waals surface area contributed by atoms with Crippen molar-refractivity contribution in [2.75, 3.05) is 14.2 Å². The number of aromatic hydroxyl groups is 1. The van der Waals surface area contributed by atoms with Crippen molar-refractivity contribution in [1.29, 1.82) is 0 Å². The van der Waals surface area contributed by atoms with Crippen molar-refractivity contribution in [3.8, 4) is 17.2 Å². The Morgan fingerprint density at radius 2 is 1.90 bits per heavy atom. The number of ether oxygens (including phenoxy) is 2. The van der Waals surface area contributed by atoms with Crippen LogP contribution >= 0.6 is 0 Å². The number of hydrogen-bond acceptors (Lipinski definition) is 5. The zero-order valence-corrected chi connectivity index (χ0v) is 11.0. The van der Waals surface area contributed by atoms with Crippen molar-refractivity contribution in [2.24, 2.45) is 0 Å². The largest absolute Gasteiger partial charge is 0.504 e. The Labute approximate surface area is 114 Å². The highest BCUT2D eigenvalue weighted by atomic mass is 16.5. The Balaban J connectivity index is 2.63. The SMILES string of the molecule is COc1c(O)cc(OC)c2c(=O)c3ccccc3oc12. The predicted molar refractivity (Wildman–Crippen MR) is 74.8 cm³/mol. The molecule has 0 aliphatic carbocycles. The molecular formula is C15H12O5. The first-order chi connectivity index (χ1) is 9.67. The van der Waals surface area contributed by atoms with Crippen molar-refractivity contribution in [2.45, 2.75) is 0 Å². The number of para-hydroxylation sites is 1. The van der Waals surface area contributed by atoms with Gasteiger partial charge in [-0.05, 0) is 12.1 Å². The van der Waals surface area contributed by atoms with E-state index >= 15 is 0 Å². The summed E-state index contributed by atoms with van der Waals surface area (Å²) >= 11 is 0. The van der Waals surface area contributed by atoms with Crippen LogP contribution in [0.25, 0.3) is 21.9 Å². The molecule has 3 aromatic rings. The third-order valence-electron chi connectivity index (χ3n) is 3.17. The van der Waals surface area contributed by atoms with Gasteiger partial charge in [0.05, 0.1) is 19.6 Å². The zero-order chi connectivity index (χ0) is 14.3. The molecule has 102 valence electrons. The van der Waals surface area contributed by atoms with Gasteiger partial charge in [-0.1, -0.05) is 12.1 Å². The number of benzene rings is 2. The Hall–Kier alpha value is -2.69. The fraction of sp³-hybridized carbons (Fsp3) is 0.133. The molecule has 20 heavy (non-hydrogen) atoms. The number of hydrogen-bond donors (Lipinski definition) is 1. The molecule has 0 bridgehead atoms. The smallest absolute Gasteiger partial charge is 0.204 e. The van der Waals surface area contributed by atoms with Gasteiger partial charge in [0, 0.05) is 6.07 Å². The lowest BCUT2D eigenvalue weighted by atomic mass is 10.1. The number of rotatable bonds is 2. The minimum Gasteiger partial charge on any atom is -0.504 e. The molecule has 3 rings (SSSR count). The van der Waals surface area contributed by atoms with Crippen LogP contribution in [0.2, 0.25) is 0 Å². The fourth-order valence-electron chi connectivity index (χ4n) is 2.26. The molecule has 0 aliphatic heterocycles. The van der Waals surface area contributed by atoms with Crippen LogP contribution in [0.1, 0.15) is 0 Å². The molecule has 0 aliphatic rings. The molecule has 5 heteroatoms. The van der Waals surface area contributed by atoms with E-state index in [0.29, 0.717) is 11.0 Å². The Morgan fingerprint density at radius 3 is 2.60 bits per heavy atom. The first-order valence-electron chi connectivity index (χ1n) is 5.97. The van der Waals surface area contributed by atoms with E-state index in [0.717, 1.165) is 0 Å². The molecule has 0 fully saturated rings. The summed E-state index contributed by atoms with van der Waals surface area (Å²) in [4.78, 5) is 12.6. The third kappa shape index (κ3) is 1.60. The second-order valence-electron chi connectivity index (χ2n) is 4.26. The van der Waals surface area contributed by atoms with Crippen LogP contribution in [-0.2, 0) is 0 Å². The van der Waals surface area contributed by atoms with Crippen LogP contribution in [-0.4, -0.2) is 19.3 Å². The molecule has 0 saturated carbocycles. The molecule has 1 aromatic heterocycles. The van der Waals surface area contributed by atoms with Crippen molar-refractivity contribution < 1.29 is 19.0 Å². The topological polar surface area (TPSA) is 68.9 Å². The summed E-state index contributed by atoms with van der Waals surface area (Å²) in [6.45, 7) is 0. The van der Waals surface area contributed by atoms with Gasteiger partial charge in [0.2, 0.25) is 11.2 Å². The average Bonchev–Trinajstić information content (AvgIpc) is 2.46. The molecule has 0 atom stereocenters. The first-order valence-corrected chi connectivity index (χ1v) is 5.97. The molecular weight excluding hydrogens is 260 g/mol. The van der Waals surface area contributed by atoms with Crippen molar-refractivity contribution in [1.82, 2.24) is 0 Å². The zero-order valence-electron chi connectivity index (χ0n) is 11.0. The predicted octanol–water partition coefficient (Wildman–Crippen LogP) is 2.67. The maximum Gasteiger partial charge on any atom is 0.204 e. The van der Waals surface area contributed by atoms with E-state index in [1.807, 2.05) is 0 Å². The molecule has 1 N–H and O–H groups in total. The molecule has 0 amide bonds. The highest BCUT2D eigenvalue weighted by Gasteiger charge is 2.19. The summed E-state index contributed by atoms with van der Waals surface area (Å²) in [5.41, 5.74) is 0.376. The van der Waals surface area contributed by atoms with Gasteiger partial charge in [-0.25, -0.2) is 0 Å². The van der Waals surface area contributed by atoms with Gasteiger partial charge in [-0.3, -0.25) is 4.79 Å². The minimum absolute atomic E-state index is 0.114. The van der Waals surface area contributed by atoms with E-state index in [-0.39, 0.29) is 33.6 Å². The Bertz CT molecular complexity index is 863. The van der Waals surface area contributed by atoms with Crippen LogP contribution in [0.4, 0.5) is 0 Å². The summed E-state index contributed by atoms with van der Waals surface area (Å²) in [5, 5.41) is 10.6. The monoisotopic (exact) mass is 272 g/mol. The van der Waals surface area contributed by atoms with E-state index < -0.39 is 0 Å². The molecule has 5 nitrogen and oxygen atoms in total. The van der Waals surface area contributed by atoms with Gasteiger partial charge in [0.1, 0.15) is 16.7 Å². The maximum atomic E-state index is 12.6. The van der Waals surface area contributed by atoms with Crippen LogP contribution in [0, 0.1) is 0 Å². The lowest BCUT2D eigenvalue weighted by Gasteiger charge is -2.11. The quantitative estimate of drug-likeness (QED) is 0.726. The van der Waals surface area contributed by atoms with Crippen molar-refractivity contribution in [3.63, 3.8) is 0 Å². The normalized spacial score (nSPS) is 10.9. The van der Waals surface area contributed by atoms with Crippen LogP contribution in [0.5, 0.6) is 17.2 Å². The highest BCUT2D eigenvalue weighted by molar-refractivity contribution is 5.97. The third-order valence-corrected chi connectivity index (χ3v) is 3.17. The second-order valence-corrected chi connectivity index (χ2v) is 4.26. The second kappa shape index (κ2) is 4.45. The lowest BCUT2D eigenvalue weighted by Crippen LogP contribution is -2.05. The molecule has 0 saturated heterocycles. The summed E-state index contributed by atoms with van der Waals surface area (Å²) in [5.74, 6) is 0.219. The van der Waals surface area contributed by atoms with Gasteiger partial charge in [-0.2, -0.15) is 0 Å². The number of fused-ring (bicyclic) bond motifs is 2. The number of phenolic OH excluding ortho intramolecular Hbond substituents is 1. The van der Waals surface area contributed by atoms with Gasteiger partial charge in [-0.15, -0.1) is 0 Å². The summed E-state index contributed by atoms with van der Waals surface area (Å²) in [6, 6.07) is 8.23. The summed E-state index contributed by atoms with van der Waals surface area (Å²) in [6.07, 6.45) is 0. The lowest BCUT2D eigenvalue weighted by molar-refractivity contribution is 0.365.